The smallest absolute Gasteiger partial charge is 0.387 e. The van der Waals surface area contributed by atoms with E-state index in [-0.39, 0.29) is 24.7 Å². The molecule has 0 aliphatic carbocycles. The molecule has 0 saturated carbocycles. The zero-order valence-corrected chi connectivity index (χ0v) is 27.3. The first-order valence-corrected chi connectivity index (χ1v) is 16.2. The molecule has 1 aliphatic heterocycles. The van der Waals surface area contributed by atoms with Crippen molar-refractivity contribution in [3.8, 4) is 0 Å². The zero-order valence-electron chi connectivity index (χ0n) is 27.3. The van der Waals surface area contributed by atoms with Gasteiger partial charge in [0.25, 0.3) is 5.91 Å². The highest BCUT2D eigenvalue weighted by Crippen LogP contribution is 2.29. The molecule has 260 valence electrons. The van der Waals surface area contributed by atoms with Gasteiger partial charge in [0, 0.05) is 58.0 Å². The van der Waals surface area contributed by atoms with E-state index in [4.69, 9.17) is 5.11 Å². The lowest BCUT2D eigenvalue weighted by atomic mass is 10.0. The first-order chi connectivity index (χ1) is 24.1. The Balaban J connectivity index is 1.41. The molecule has 5 rings (SSSR count). The predicted molar refractivity (Wildman–Crippen MR) is 183 cm³/mol. The second-order valence-corrected chi connectivity index (χ2v) is 12.0. The second-order valence-electron chi connectivity index (χ2n) is 12.0. The molecule has 0 radical (unpaired) electrons. The Morgan fingerprint density at radius 3 is 2.06 bits per heavy atom. The van der Waals surface area contributed by atoms with Crippen LogP contribution in [0.25, 0.3) is 6.08 Å². The maximum absolute atomic E-state index is 14.4. The minimum atomic E-state index is -4.49. The third-order valence-corrected chi connectivity index (χ3v) is 8.39. The van der Waals surface area contributed by atoms with Gasteiger partial charge in [0.1, 0.15) is 18.5 Å². The molecule has 3 amide bonds. The van der Waals surface area contributed by atoms with Crippen molar-refractivity contribution in [3.63, 3.8) is 0 Å². The number of hydrogen-bond donors (Lipinski definition) is 2. The van der Waals surface area contributed by atoms with E-state index in [1.165, 1.54) is 47.0 Å². The number of pyridine rings is 1. The summed E-state index contributed by atoms with van der Waals surface area (Å²) in [7, 11) is 0. The van der Waals surface area contributed by atoms with Gasteiger partial charge < -0.3 is 20.2 Å². The van der Waals surface area contributed by atoms with Crippen molar-refractivity contribution in [2.45, 2.75) is 31.7 Å². The van der Waals surface area contributed by atoms with Crippen LogP contribution in [0.2, 0.25) is 0 Å². The van der Waals surface area contributed by atoms with Gasteiger partial charge in [-0.1, -0.05) is 78.9 Å². The average Bonchev–Trinajstić information content (AvgIpc) is 3.13. The standard InChI is InChI=1S/C38H38F3N5O4/c39-38(40,41)32-15-11-28(12-16-32)14-18-36(49)46(26-31-13-17-34(42-24-31)43-35(48)27-47)33(23-29-7-3-1-4-8-29)37(50)45-21-19-44(20-22-45)25-30-9-5-2-6-10-30/h1-18,24,33,47H,19-23,25-27H2,(H,42,43,48)/b18-14+/t33-/m0/s1. The zero-order chi connectivity index (χ0) is 35.5. The average molecular weight is 686 g/mol. The number of alkyl halides is 3. The number of aliphatic hydroxyl groups excluding tert-OH is 1. The molecular formula is C38H38F3N5O4. The summed E-state index contributed by atoms with van der Waals surface area (Å²) in [6.45, 7) is 2.30. The van der Waals surface area contributed by atoms with Crippen LogP contribution in [-0.2, 0) is 40.1 Å². The SMILES string of the molecule is O=C(CO)Nc1ccc(CN(C(=O)/C=C/c2ccc(C(F)(F)F)cc2)[C@@H](Cc2ccccc2)C(=O)N2CCN(Cc3ccccc3)CC2)cn1. The van der Waals surface area contributed by atoms with Crippen molar-refractivity contribution in [1.29, 1.82) is 0 Å². The van der Waals surface area contributed by atoms with Crippen molar-refractivity contribution in [3.05, 3.63) is 137 Å². The molecule has 1 aliphatic rings. The Bertz CT molecular complexity index is 1740. The summed E-state index contributed by atoms with van der Waals surface area (Å²) in [4.78, 5) is 49.8. The number of rotatable bonds is 12. The highest BCUT2D eigenvalue weighted by Gasteiger charge is 2.34. The quantitative estimate of drug-likeness (QED) is 0.203. The van der Waals surface area contributed by atoms with E-state index < -0.39 is 36.2 Å². The lowest BCUT2D eigenvalue weighted by Crippen LogP contribution is -2.56. The minimum Gasteiger partial charge on any atom is -0.387 e. The van der Waals surface area contributed by atoms with Gasteiger partial charge in [-0.3, -0.25) is 19.3 Å². The summed E-state index contributed by atoms with van der Waals surface area (Å²) in [6, 6.07) is 26.2. The highest BCUT2D eigenvalue weighted by atomic mass is 19.4. The summed E-state index contributed by atoms with van der Waals surface area (Å²) >= 11 is 0. The van der Waals surface area contributed by atoms with Crippen molar-refractivity contribution in [1.82, 2.24) is 19.7 Å². The number of nitrogens with one attached hydrogen (secondary N) is 1. The van der Waals surface area contributed by atoms with Crippen LogP contribution >= 0.6 is 0 Å². The van der Waals surface area contributed by atoms with Crippen molar-refractivity contribution < 1.29 is 32.7 Å². The van der Waals surface area contributed by atoms with E-state index in [0.717, 1.165) is 24.2 Å². The van der Waals surface area contributed by atoms with Crippen LogP contribution in [0.15, 0.2) is 109 Å². The molecule has 50 heavy (non-hydrogen) atoms. The first kappa shape index (κ1) is 36.0. The van der Waals surface area contributed by atoms with E-state index in [1.807, 2.05) is 48.5 Å². The second kappa shape index (κ2) is 16.9. The normalized spacial score (nSPS) is 14.4. The number of aromatic nitrogens is 1. The van der Waals surface area contributed by atoms with Crippen LogP contribution in [0.5, 0.6) is 0 Å². The van der Waals surface area contributed by atoms with Gasteiger partial charge in [0.15, 0.2) is 0 Å². The number of anilines is 1. The van der Waals surface area contributed by atoms with Crippen LogP contribution in [0.4, 0.5) is 19.0 Å². The molecule has 1 fully saturated rings. The molecule has 1 saturated heterocycles. The lowest BCUT2D eigenvalue weighted by molar-refractivity contribution is -0.145. The third kappa shape index (κ3) is 10.1. The van der Waals surface area contributed by atoms with Crippen LogP contribution in [0.3, 0.4) is 0 Å². The lowest BCUT2D eigenvalue weighted by Gasteiger charge is -2.39. The fraction of sp³-hybridized carbons (Fsp3) is 0.263. The molecule has 2 heterocycles. The topological polar surface area (TPSA) is 106 Å². The van der Waals surface area contributed by atoms with E-state index in [0.29, 0.717) is 37.3 Å². The Morgan fingerprint density at radius 2 is 1.48 bits per heavy atom. The summed E-state index contributed by atoms with van der Waals surface area (Å²) in [5.74, 6) is -1.16. The molecule has 1 atom stereocenters. The van der Waals surface area contributed by atoms with Gasteiger partial charge >= 0.3 is 6.18 Å². The Kier molecular flexibility index (Phi) is 12.1. The van der Waals surface area contributed by atoms with Crippen molar-refractivity contribution in [2.24, 2.45) is 0 Å². The summed E-state index contributed by atoms with van der Waals surface area (Å²) in [5, 5.41) is 11.5. The molecule has 2 N–H and O–H groups in total. The Hall–Kier alpha value is -5.33. The summed E-state index contributed by atoms with van der Waals surface area (Å²) in [5.41, 5.74) is 2.19. The maximum atomic E-state index is 14.4. The number of halogens is 3. The van der Waals surface area contributed by atoms with E-state index >= 15 is 0 Å². The van der Waals surface area contributed by atoms with Gasteiger partial charge in [-0.25, -0.2) is 4.98 Å². The number of carbonyl (C=O) groups is 3. The van der Waals surface area contributed by atoms with Gasteiger partial charge in [-0.2, -0.15) is 13.2 Å². The van der Waals surface area contributed by atoms with Crippen molar-refractivity contribution in [2.75, 3.05) is 38.1 Å². The number of amides is 3. The number of hydrogen-bond acceptors (Lipinski definition) is 6. The van der Waals surface area contributed by atoms with Gasteiger partial charge in [0.05, 0.1) is 5.56 Å². The van der Waals surface area contributed by atoms with Gasteiger partial charge in [0.2, 0.25) is 11.8 Å². The molecule has 12 heteroatoms. The van der Waals surface area contributed by atoms with Crippen molar-refractivity contribution >= 4 is 29.6 Å². The van der Waals surface area contributed by atoms with Crippen LogP contribution in [-0.4, -0.2) is 81.3 Å². The maximum Gasteiger partial charge on any atom is 0.416 e. The van der Waals surface area contributed by atoms with Gasteiger partial charge in [-0.15, -0.1) is 0 Å². The van der Waals surface area contributed by atoms with E-state index in [2.05, 4.69) is 27.3 Å². The van der Waals surface area contributed by atoms with E-state index in [9.17, 15) is 27.6 Å². The molecule has 0 bridgehead atoms. The fourth-order valence-electron chi connectivity index (χ4n) is 5.71. The largest absolute Gasteiger partial charge is 0.416 e. The number of nitrogens with zero attached hydrogens (tertiary/aromatic N) is 4. The predicted octanol–water partition coefficient (Wildman–Crippen LogP) is 5.03. The molecule has 9 nitrogen and oxygen atoms in total. The number of piperazine rings is 1. The number of carbonyl (C=O) groups excluding carboxylic acids is 3. The molecule has 0 unspecified atom stereocenters. The molecule has 4 aromatic rings. The highest BCUT2D eigenvalue weighted by molar-refractivity contribution is 5.96. The first-order valence-electron chi connectivity index (χ1n) is 16.2. The van der Waals surface area contributed by atoms with Crippen LogP contribution in [0, 0.1) is 0 Å². The molecule has 1 aromatic heterocycles. The monoisotopic (exact) mass is 685 g/mol. The third-order valence-electron chi connectivity index (χ3n) is 8.39. The fourth-order valence-corrected chi connectivity index (χ4v) is 5.71. The molecule has 0 spiro atoms. The van der Waals surface area contributed by atoms with E-state index in [1.54, 1.807) is 11.0 Å². The van der Waals surface area contributed by atoms with Crippen LogP contribution in [0.1, 0.15) is 27.8 Å². The Morgan fingerprint density at radius 1 is 0.840 bits per heavy atom. The van der Waals surface area contributed by atoms with Crippen LogP contribution < -0.4 is 5.32 Å². The number of benzene rings is 3. The van der Waals surface area contributed by atoms with Gasteiger partial charge in [-0.05, 0) is 46.5 Å². The minimum absolute atomic E-state index is 0.0192. The molecule has 3 aromatic carbocycles. The molecular weight excluding hydrogens is 647 g/mol. The summed E-state index contributed by atoms with van der Waals surface area (Å²) < 4.78 is 39.3. The number of aliphatic hydroxyl groups is 1. The summed E-state index contributed by atoms with van der Waals surface area (Å²) in [6.07, 6.45) is -0.110. The Labute approximate surface area is 288 Å².